The minimum atomic E-state index is -1.09. The maximum atomic E-state index is 13.9. The first-order valence-electron chi connectivity index (χ1n) is 5.31. The number of hydrogen-bond donors (Lipinski definition) is 1. The number of hydrogen-bond acceptors (Lipinski definition) is 2. The van der Waals surface area contributed by atoms with Crippen molar-refractivity contribution in [1.82, 2.24) is 4.98 Å². The molecule has 0 spiro atoms. The summed E-state index contributed by atoms with van der Waals surface area (Å²) in [5, 5.41) is 0. The second-order valence-corrected chi connectivity index (χ2v) is 4.01. The molecule has 18 heavy (non-hydrogen) atoms. The largest absolute Gasteiger partial charge is 0.320 e. The molecule has 1 aromatic carbocycles. The van der Waals surface area contributed by atoms with Crippen molar-refractivity contribution in [2.24, 2.45) is 5.73 Å². The number of benzene rings is 1. The van der Waals surface area contributed by atoms with Crippen LogP contribution in [-0.2, 0) is 0 Å². The first-order valence-corrected chi connectivity index (χ1v) is 5.31. The van der Waals surface area contributed by atoms with E-state index >= 15 is 0 Å². The number of aromatic nitrogens is 1. The highest BCUT2D eigenvalue weighted by Crippen LogP contribution is 2.26. The van der Waals surface area contributed by atoms with E-state index in [1.165, 1.54) is 19.2 Å². The zero-order valence-corrected chi connectivity index (χ0v) is 9.62. The van der Waals surface area contributed by atoms with Crippen LogP contribution in [-0.4, -0.2) is 4.98 Å². The van der Waals surface area contributed by atoms with E-state index in [-0.39, 0.29) is 16.7 Å². The summed E-state index contributed by atoms with van der Waals surface area (Å²) in [7, 11) is 0. The molecule has 5 heteroatoms. The van der Waals surface area contributed by atoms with Crippen molar-refractivity contribution in [3.8, 4) is 0 Å². The maximum absolute atomic E-state index is 13.9. The van der Waals surface area contributed by atoms with Gasteiger partial charge in [-0.1, -0.05) is 6.07 Å². The van der Waals surface area contributed by atoms with Gasteiger partial charge in [-0.05, 0) is 30.2 Å². The number of halogens is 3. The molecule has 2 N–H and O–H groups in total. The van der Waals surface area contributed by atoms with Crippen LogP contribution in [0.2, 0.25) is 0 Å². The van der Waals surface area contributed by atoms with Gasteiger partial charge in [0.15, 0.2) is 0 Å². The van der Waals surface area contributed by atoms with Crippen LogP contribution in [0.25, 0.3) is 0 Å². The maximum Gasteiger partial charge on any atom is 0.141 e. The zero-order valence-electron chi connectivity index (χ0n) is 9.62. The van der Waals surface area contributed by atoms with Crippen LogP contribution < -0.4 is 5.73 Å². The Hall–Kier alpha value is -1.88. The molecule has 0 bridgehead atoms. The Morgan fingerprint density at radius 3 is 2.56 bits per heavy atom. The molecule has 1 unspecified atom stereocenters. The highest BCUT2D eigenvalue weighted by atomic mass is 19.1. The molecule has 0 aliphatic heterocycles. The van der Waals surface area contributed by atoms with E-state index in [1.807, 2.05) is 0 Å². The molecule has 0 radical (unpaired) electrons. The summed E-state index contributed by atoms with van der Waals surface area (Å²) in [6, 6.07) is 2.48. The summed E-state index contributed by atoms with van der Waals surface area (Å²) in [5.74, 6) is -2.07. The van der Waals surface area contributed by atoms with Crippen molar-refractivity contribution in [3.05, 3.63) is 64.7 Å². The smallest absolute Gasteiger partial charge is 0.141 e. The summed E-state index contributed by atoms with van der Waals surface area (Å²) in [5.41, 5.74) is 6.00. The number of nitrogens with two attached hydrogens (primary N) is 1. The first-order chi connectivity index (χ1) is 8.50. The van der Waals surface area contributed by atoms with Crippen molar-refractivity contribution >= 4 is 0 Å². The molecule has 0 saturated carbocycles. The Morgan fingerprint density at radius 2 is 1.89 bits per heavy atom. The summed E-state index contributed by atoms with van der Waals surface area (Å²) in [6.07, 6.45) is 2.29. The summed E-state index contributed by atoms with van der Waals surface area (Å²) in [4.78, 5) is 3.61. The Bertz CT molecular complexity index is 584. The van der Waals surface area contributed by atoms with Gasteiger partial charge in [0.25, 0.3) is 0 Å². The molecule has 94 valence electrons. The topological polar surface area (TPSA) is 38.9 Å². The van der Waals surface area contributed by atoms with Crippen LogP contribution in [0.5, 0.6) is 0 Å². The summed E-state index contributed by atoms with van der Waals surface area (Å²) < 4.78 is 40.5. The fourth-order valence-corrected chi connectivity index (χ4v) is 1.73. The van der Waals surface area contributed by atoms with Gasteiger partial charge in [-0.3, -0.25) is 4.98 Å². The van der Waals surface area contributed by atoms with Crippen LogP contribution in [0.3, 0.4) is 0 Å². The van der Waals surface area contributed by atoms with Crippen LogP contribution in [0, 0.1) is 24.4 Å². The Kier molecular flexibility index (Phi) is 3.34. The number of aryl methyl sites for hydroxylation is 1. The van der Waals surface area contributed by atoms with Crippen LogP contribution in [0.15, 0.2) is 30.6 Å². The molecule has 2 aromatic rings. The molecule has 0 aliphatic carbocycles. The standard InChI is InChI=1S/C13H11F3N2/c1-7-2-3-10(15)11(12(7)16)13(17)8-4-9(14)6-18-5-8/h2-6,13H,17H2,1H3. The Morgan fingerprint density at radius 1 is 1.17 bits per heavy atom. The summed E-state index contributed by atoms with van der Waals surface area (Å²) >= 11 is 0. The van der Waals surface area contributed by atoms with Crippen molar-refractivity contribution in [1.29, 1.82) is 0 Å². The normalized spacial score (nSPS) is 12.5. The van der Waals surface area contributed by atoms with Crippen LogP contribution in [0.4, 0.5) is 13.2 Å². The van der Waals surface area contributed by atoms with Gasteiger partial charge in [0, 0.05) is 11.8 Å². The molecule has 1 atom stereocenters. The fourth-order valence-electron chi connectivity index (χ4n) is 1.73. The molecular formula is C13H11F3N2. The second kappa shape index (κ2) is 4.78. The van der Waals surface area contributed by atoms with E-state index in [0.717, 1.165) is 18.3 Å². The van der Waals surface area contributed by atoms with Gasteiger partial charge >= 0.3 is 0 Å². The predicted octanol–water partition coefficient (Wildman–Crippen LogP) is 2.86. The Labute approximate surface area is 102 Å². The lowest BCUT2D eigenvalue weighted by molar-refractivity contribution is 0.536. The van der Waals surface area contributed by atoms with Crippen LogP contribution >= 0.6 is 0 Å². The molecule has 2 rings (SSSR count). The van der Waals surface area contributed by atoms with Crippen molar-refractivity contribution in [3.63, 3.8) is 0 Å². The third-order valence-corrected chi connectivity index (χ3v) is 2.72. The highest BCUT2D eigenvalue weighted by Gasteiger charge is 2.20. The second-order valence-electron chi connectivity index (χ2n) is 4.01. The van der Waals surface area contributed by atoms with E-state index in [1.54, 1.807) is 0 Å². The monoisotopic (exact) mass is 252 g/mol. The molecule has 2 nitrogen and oxygen atoms in total. The van der Waals surface area contributed by atoms with Gasteiger partial charge in [0.2, 0.25) is 0 Å². The van der Waals surface area contributed by atoms with Gasteiger partial charge in [-0.2, -0.15) is 0 Å². The van der Waals surface area contributed by atoms with E-state index < -0.39 is 23.5 Å². The minimum Gasteiger partial charge on any atom is -0.320 e. The third kappa shape index (κ3) is 2.22. The van der Waals surface area contributed by atoms with E-state index in [9.17, 15) is 13.2 Å². The molecule has 0 aliphatic rings. The highest BCUT2D eigenvalue weighted by molar-refractivity contribution is 5.35. The molecule has 1 heterocycles. The predicted molar refractivity (Wildman–Crippen MR) is 61.3 cm³/mol. The average molecular weight is 252 g/mol. The summed E-state index contributed by atoms with van der Waals surface area (Å²) in [6.45, 7) is 1.51. The van der Waals surface area contributed by atoms with Crippen molar-refractivity contribution in [2.75, 3.05) is 0 Å². The first kappa shape index (κ1) is 12.6. The lowest BCUT2D eigenvalue weighted by Gasteiger charge is -2.15. The Balaban J connectivity index is 2.52. The quantitative estimate of drug-likeness (QED) is 0.892. The third-order valence-electron chi connectivity index (χ3n) is 2.72. The average Bonchev–Trinajstić information content (AvgIpc) is 2.34. The van der Waals surface area contributed by atoms with Gasteiger partial charge in [0.1, 0.15) is 17.5 Å². The van der Waals surface area contributed by atoms with Gasteiger partial charge in [-0.25, -0.2) is 13.2 Å². The lowest BCUT2D eigenvalue weighted by Crippen LogP contribution is -2.16. The van der Waals surface area contributed by atoms with E-state index in [0.29, 0.717) is 0 Å². The van der Waals surface area contributed by atoms with E-state index in [2.05, 4.69) is 4.98 Å². The van der Waals surface area contributed by atoms with Crippen LogP contribution in [0.1, 0.15) is 22.7 Å². The number of nitrogens with zero attached hydrogens (tertiary/aromatic N) is 1. The SMILES string of the molecule is Cc1ccc(F)c(C(N)c2cncc(F)c2)c1F. The van der Waals surface area contributed by atoms with Gasteiger partial charge in [0.05, 0.1) is 12.2 Å². The fraction of sp³-hybridized carbons (Fsp3) is 0.154. The zero-order chi connectivity index (χ0) is 13.3. The van der Waals surface area contributed by atoms with E-state index in [4.69, 9.17) is 5.73 Å². The molecular weight excluding hydrogens is 241 g/mol. The van der Waals surface area contributed by atoms with Crippen molar-refractivity contribution in [2.45, 2.75) is 13.0 Å². The molecule has 0 amide bonds. The molecule has 1 aromatic heterocycles. The minimum absolute atomic E-state index is 0.221. The van der Waals surface area contributed by atoms with Gasteiger partial charge < -0.3 is 5.73 Å². The number of rotatable bonds is 2. The molecule has 0 fully saturated rings. The van der Waals surface area contributed by atoms with Crippen molar-refractivity contribution < 1.29 is 13.2 Å². The van der Waals surface area contributed by atoms with Gasteiger partial charge in [-0.15, -0.1) is 0 Å². The molecule has 0 saturated heterocycles. The number of pyridine rings is 1. The lowest BCUT2D eigenvalue weighted by atomic mass is 9.98.